The predicted octanol–water partition coefficient (Wildman–Crippen LogP) is 1.28. The fourth-order valence-corrected chi connectivity index (χ4v) is 2.54. The molecule has 21 heavy (non-hydrogen) atoms. The zero-order valence-electron chi connectivity index (χ0n) is 12.6. The number of aliphatic hydroxyl groups is 2. The van der Waals surface area contributed by atoms with E-state index in [2.05, 4.69) is 4.90 Å². The van der Waals surface area contributed by atoms with E-state index in [1.165, 1.54) is 0 Å². The predicted molar refractivity (Wildman–Crippen MR) is 80.8 cm³/mol. The van der Waals surface area contributed by atoms with Gasteiger partial charge in [-0.1, -0.05) is 0 Å². The molecule has 0 saturated carbocycles. The summed E-state index contributed by atoms with van der Waals surface area (Å²) in [6.45, 7) is 4.94. The molecule has 1 aliphatic rings. The minimum Gasteiger partial charge on any atom is -0.494 e. The van der Waals surface area contributed by atoms with Gasteiger partial charge in [0.05, 0.1) is 12.7 Å². The minimum atomic E-state index is -0.554. The summed E-state index contributed by atoms with van der Waals surface area (Å²) in [6.07, 6.45) is 1.02. The lowest BCUT2D eigenvalue weighted by atomic mass is 10.1. The van der Waals surface area contributed by atoms with E-state index in [0.29, 0.717) is 19.7 Å². The van der Waals surface area contributed by atoms with Gasteiger partial charge < -0.3 is 19.7 Å². The maximum atomic E-state index is 10.0. The van der Waals surface area contributed by atoms with Crippen molar-refractivity contribution < 1.29 is 19.7 Å². The molecule has 0 spiro atoms. The number of rotatable bonds is 7. The molecule has 5 nitrogen and oxygen atoms in total. The molecule has 2 atom stereocenters. The molecular formula is C16H25NO4. The molecule has 0 radical (unpaired) electrons. The van der Waals surface area contributed by atoms with Crippen molar-refractivity contribution in [1.82, 2.24) is 4.90 Å². The Labute approximate surface area is 126 Å². The van der Waals surface area contributed by atoms with Gasteiger partial charge in [-0.25, -0.2) is 0 Å². The lowest BCUT2D eigenvalue weighted by Crippen LogP contribution is -2.43. The molecule has 0 aromatic heterocycles. The second-order valence-electron chi connectivity index (χ2n) is 5.42. The van der Waals surface area contributed by atoms with E-state index in [1.54, 1.807) is 0 Å². The van der Waals surface area contributed by atoms with E-state index in [-0.39, 0.29) is 12.7 Å². The summed E-state index contributed by atoms with van der Waals surface area (Å²) in [5, 5.41) is 19.6. The molecule has 1 aromatic carbocycles. The maximum Gasteiger partial charge on any atom is 0.119 e. The van der Waals surface area contributed by atoms with Crippen LogP contribution in [0.5, 0.6) is 11.5 Å². The monoisotopic (exact) mass is 295 g/mol. The van der Waals surface area contributed by atoms with Crippen LogP contribution < -0.4 is 9.47 Å². The van der Waals surface area contributed by atoms with Gasteiger partial charge in [0.2, 0.25) is 0 Å². The fraction of sp³-hybridized carbons (Fsp3) is 0.625. The molecule has 1 fully saturated rings. The Morgan fingerprint density at radius 1 is 1.24 bits per heavy atom. The Kier molecular flexibility index (Phi) is 6.29. The van der Waals surface area contributed by atoms with Gasteiger partial charge in [0.25, 0.3) is 0 Å². The molecule has 0 bridgehead atoms. The number of benzene rings is 1. The van der Waals surface area contributed by atoms with Crippen molar-refractivity contribution in [3.8, 4) is 11.5 Å². The van der Waals surface area contributed by atoms with E-state index in [0.717, 1.165) is 30.9 Å². The van der Waals surface area contributed by atoms with Crippen LogP contribution in [-0.2, 0) is 0 Å². The molecule has 1 aromatic rings. The van der Waals surface area contributed by atoms with Gasteiger partial charge in [-0.15, -0.1) is 0 Å². The van der Waals surface area contributed by atoms with Crippen molar-refractivity contribution >= 4 is 0 Å². The standard InChI is InChI=1S/C16H25NO4/c1-2-20-15-5-7-16(8-6-15)21-12-14(19)11-17-9-3-4-13(18)10-17/h5-8,13-14,18-19H,2-4,9-12H2,1H3/t13-,14-/m1/s1. The Morgan fingerprint density at radius 3 is 2.52 bits per heavy atom. The van der Waals surface area contributed by atoms with E-state index >= 15 is 0 Å². The summed E-state index contributed by atoms with van der Waals surface area (Å²) in [4.78, 5) is 2.08. The van der Waals surface area contributed by atoms with E-state index < -0.39 is 6.10 Å². The third-order valence-electron chi connectivity index (χ3n) is 3.53. The first kappa shape index (κ1) is 16.1. The first-order chi connectivity index (χ1) is 10.2. The molecule has 118 valence electrons. The Morgan fingerprint density at radius 2 is 1.90 bits per heavy atom. The number of likely N-dealkylation sites (tertiary alicyclic amines) is 1. The topological polar surface area (TPSA) is 62.2 Å². The number of hydrogen-bond acceptors (Lipinski definition) is 5. The zero-order valence-corrected chi connectivity index (χ0v) is 12.6. The second-order valence-corrected chi connectivity index (χ2v) is 5.42. The molecular weight excluding hydrogens is 270 g/mol. The van der Waals surface area contributed by atoms with Crippen molar-refractivity contribution in [2.24, 2.45) is 0 Å². The quantitative estimate of drug-likeness (QED) is 0.793. The van der Waals surface area contributed by atoms with Gasteiger partial charge in [0.15, 0.2) is 0 Å². The number of nitrogens with zero attached hydrogens (tertiary/aromatic N) is 1. The lowest BCUT2D eigenvalue weighted by Gasteiger charge is -2.31. The summed E-state index contributed by atoms with van der Waals surface area (Å²) < 4.78 is 10.9. The van der Waals surface area contributed by atoms with Crippen LogP contribution in [0.1, 0.15) is 19.8 Å². The van der Waals surface area contributed by atoms with Crippen molar-refractivity contribution in [3.05, 3.63) is 24.3 Å². The van der Waals surface area contributed by atoms with Gasteiger partial charge in [-0.3, -0.25) is 4.90 Å². The average molecular weight is 295 g/mol. The van der Waals surface area contributed by atoms with Crippen molar-refractivity contribution in [2.45, 2.75) is 32.0 Å². The van der Waals surface area contributed by atoms with Crippen molar-refractivity contribution in [2.75, 3.05) is 32.8 Å². The summed E-state index contributed by atoms with van der Waals surface area (Å²) >= 11 is 0. The Balaban J connectivity index is 1.71. The molecule has 2 N–H and O–H groups in total. The second kappa shape index (κ2) is 8.22. The van der Waals surface area contributed by atoms with Crippen molar-refractivity contribution in [3.63, 3.8) is 0 Å². The molecule has 0 aliphatic carbocycles. The summed E-state index contributed by atoms with van der Waals surface area (Å²) in [5.74, 6) is 1.53. The highest BCUT2D eigenvalue weighted by Gasteiger charge is 2.20. The van der Waals surface area contributed by atoms with Crippen LogP contribution in [0.4, 0.5) is 0 Å². The Hall–Kier alpha value is -1.30. The summed E-state index contributed by atoms with van der Waals surface area (Å²) in [5.41, 5.74) is 0. The van der Waals surface area contributed by atoms with Crippen LogP contribution in [0.15, 0.2) is 24.3 Å². The van der Waals surface area contributed by atoms with Crippen LogP contribution >= 0.6 is 0 Å². The normalized spacial score (nSPS) is 21.0. The molecule has 1 heterocycles. The molecule has 0 amide bonds. The summed E-state index contributed by atoms with van der Waals surface area (Å²) in [7, 11) is 0. The highest BCUT2D eigenvalue weighted by molar-refractivity contribution is 5.31. The molecule has 0 unspecified atom stereocenters. The van der Waals surface area contributed by atoms with Crippen molar-refractivity contribution in [1.29, 1.82) is 0 Å². The fourth-order valence-electron chi connectivity index (χ4n) is 2.54. The summed E-state index contributed by atoms with van der Waals surface area (Å²) in [6, 6.07) is 7.38. The minimum absolute atomic E-state index is 0.251. The van der Waals surface area contributed by atoms with Crippen LogP contribution in [0.2, 0.25) is 0 Å². The molecule has 1 saturated heterocycles. The number of aliphatic hydroxyl groups excluding tert-OH is 2. The first-order valence-corrected chi connectivity index (χ1v) is 7.61. The number of hydrogen-bond donors (Lipinski definition) is 2. The maximum absolute atomic E-state index is 10.0. The van der Waals surface area contributed by atoms with Gasteiger partial charge in [-0.2, -0.15) is 0 Å². The van der Waals surface area contributed by atoms with Crippen LogP contribution in [0.3, 0.4) is 0 Å². The van der Waals surface area contributed by atoms with Gasteiger partial charge in [-0.05, 0) is 50.6 Å². The van der Waals surface area contributed by atoms with E-state index in [9.17, 15) is 10.2 Å². The van der Waals surface area contributed by atoms with Gasteiger partial charge >= 0.3 is 0 Å². The zero-order chi connectivity index (χ0) is 15.1. The lowest BCUT2D eigenvalue weighted by molar-refractivity contribution is 0.0243. The molecule has 2 rings (SSSR count). The Bertz CT molecular complexity index is 409. The average Bonchev–Trinajstić information content (AvgIpc) is 2.47. The highest BCUT2D eigenvalue weighted by atomic mass is 16.5. The smallest absolute Gasteiger partial charge is 0.119 e. The largest absolute Gasteiger partial charge is 0.494 e. The molecule has 1 aliphatic heterocycles. The third-order valence-corrected chi connectivity index (χ3v) is 3.53. The number of piperidine rings is 1. The van der Waals surface area contributed by atoms with E-state index in [1.807, 2.05) is 31.2 Å². The first-order valence-electron chi connectivity index (χ1n) is 7.61. The highest BCUT2D eigenvalue weighted by Crippen LogP contribution is 2.18. The van der Waals surface area contributed by atoms with Gasteiger partial charge in [0.1, 0.15) is 24.2 Å². The number of ether oxygens (including phenoxy) is 2. The van der Waals surface area contributed by atoms with Crippen LogP contribution in [0.25, 0.3) is 0 Å². The number of β-amino-alcohol motifs (C(OH)–C–C–N with tert-alkyl or cyclic N) is 2. The van der Waals surface area contributed by atoms with E-state index in [4.69, 9.17) is 9.47 Å². The van der Waals surface area contributed by atoms with Crippen LogP contribution in [0, 0.1) is 0 Å². The van der Waals surface area contributed by atoms with Crippen LogP contribution in [-0.4, -0.2) is 60.2 Å². The molecule has 5 heteroatoms. The van der Waals surface area contributed by atoms with Gasteiger partial charge in [0, 0.05) is 13.1 Å². The third kappa shape index (κ3) is 5.53. The SMILES string of the molecule is CCOc1ccc(OC[C@H](O)CN2CCC[C@@H](O)C2)cc1.